The minimum atomic E-state index is -4.89. The predicted molar refractivity (Wildman–Crippen MR) is 42.9 cm³/mol. The van der Waals surface area contributed by atoms with Crippen LogP contribution in [0.3, 0.4) is 0 Å². The molecule has 0 spiro atoms. The Balaban J connectivity index is 0.00000169. The Kier molecular flexibility index (Phi) is 6.06. The molecule has 0 aliphatic carbocycles. The second-order valence-corrected chi connectivity index (χ2v) is 6.36. The van der Waals surface area contributed by atoms with Crippen LogP contribution in [0, 0.1) is 0 Å². The Morgan fingerprint density at radius 2 is 1.86 bits per heavy atom. The van der Waals surface area contributed by atoms with E-state index in [1.165, 1.54) is 0 Å². The molecule has 0 amide bonds. The molecule has 0 aromatic heterocycles. The molecule has 1 saturated heterocycles. The predicted octanol–water partition coefficient (Wildman–Crippen LogP) is -4.13. The van der Waals surface area contributed by atoms with E-state index < -0.39 is 37.5 Å². The van der Waals surface area contributed by atoms with Gasteiger partial charge in [0.2, 0.25) is 10.4 Å². The van der Waals surface area contributed by atoms with Crippen molar-refractivity contribution in [3.63, 3.8) is 0 Å². The molecule has 0 aromatic carbocycles. The van der Waals surface area contributed by atoms with E-state index in [2.05, 4.69) is 4.18 Å². The summed E-state index contributed by atoms with van der Waals surface area (Å²) < 4.78 is 56.0. The van der Waals surface area contributed by atoms with E-state index in [1.54, 1.807) is 0 Å². The average Bonchev–Trinajstić information content (AvgIpc) is 2.00. The zero-order valence-corrected chi connectivity index (χ0v) is 12.7. The molecule has 1 rings (SSSR count). The van der Waals surface area contributed by atoms with Gasteiger partial charge < -0.3 is 4.55 Å². The molecule has 1 heterocycles. The normalized spacial score (nSPS) is 31.0. The number of hydrogen-bond donors (Lipinski definition) is 0. The van der Waals surface area contributed by atoms with Crippen LogP contribution < -0.4 is 51.4 Å². The molecule has 0 unspecified atom stereocenters. The van der Waals surface area contributed by atoms with Gasteiger partial charge in [-0.05, 0) is 0 Å². The van der Waals surface area contributed by atoms with Crippen LogP contribution in [0.5, 0.6) is 0 Å². The van der Waals surface area contributed by atoms with E-state index in [0.29, 0.717) is 0 Å². The van der Waals surface area contributed by atoms with Gasteiger partial charge in [0, 0.05) is 0 Å². The van der Waals surface area contributed by atoms with Crippen LogP contribution in [0.2, 0.25) is 0 Å². The van der Waals surface area contributed by atoms with Gasteiger partial charge in [-0.15, -0.1) is 11.6 Å². The molecule has 78 valence electrons. The molecule has 1 fully saturated rings. The maximum atomic E-state index is 10.9. The van der Waals surface area contributed by atoms with E-state index in [4.69, 9.17) is 11.6 Å². The summed E-state index contributed by atoms with van der Waals surface area (Å²) in [4.78, 5) is 0. The summed E-state index contributed by atoms with van der Waals surface area (Å²) in [7, 11) is -8.27. The second kappa shape index (κ2) is 5.39. The van der Waals surface area contributed by atoms with Crippen LogP contribution in [-0.4, -0.2) is 44.4 Å². The van der Waals surface area contributed by atoms with Gasteiger partial charge in [0.05, 0.1) is 16.9 Å². The third kappa shape index (κ3) is 5.19. The van der Waals surface area contributed by atoms with Crippen molar-refractivity contribution in [3.8, 4) is 0 Å². The van der Waals surface area contributed by atoms with Crippen LogP contribution in [0.15, 0.2) is 0 Å². The van der Waals surface area contributed by atoms with Gasteiger partial charge in [0.15, 0.2) is 9.84 Å². The Hall–Kier alpha value is 1.75. The molecular weight excluding hydrogens is 283 g/mol. The third-order valence-electron chi connectivity index (χ3n) is 1.48. The molecule has 10 heteroatoms. The van der Waals surface area contributed by atoms with E-state index in [0.717, 1.165) is 0 Å². The molecule has 0 N–H and O–H groups in total. The molecule has 6 nitrogen and oxygen atoms in total. The van der Waals surface area contributed by atoms with E-state index >= 15 is 0 Å². The SMILES string of the molecule is O=S1(=O)C[C@@H](Cl)[C@H](OS(=O)(=O)[O-])C1.[K+]. The smallest absolute Gasteiger partial charge is 0.726 e. The standard InChI is InChI=1S/C4H7ClO6S2.K/c5-3-1-12(6,7)2-4(3)11-13(8,9)10;/h3-4H,1-2H2,(H,8,9,10);/q;+1/p-1/t3-,4-;/m1./s1. The number of alkyl halides is 1. The quantitative estimate of drug-likeness (QED) is 0.221. The van der Waals surface area contributed by atoms with E-state index in [1.807, 2.05) is 0 Å². The maximum Gasteiger partial charge on any atom is 1.00 e. The minimum Gasteiger partial charge on any atom is -0.726 e. The van der Waals surface area contributed by atoms with Crippen molar-refractivity contribution in [2.24, 2.45) is 0 Å². The van der Waals surface area contributed by atoms with Crippen molar-refractivity contribution in [1.82, 2.24) is 0 Å². The van der Waals surface area contributed by atoms with Crippen LogP contribution in [0.25, 0.3) is 0 Å². The van der Waals surface area contributed by atoms with Gasteiger partial charge >= 0.3 is 51.4 Å². The summed E-state index contributed by atoms with van der Waals surface area (Å²) in [5.74, 6) is -0.891. The Morgan fingerprint density at radius 3 is 2.14 bits per heavy atom. The largest absolute Gasteiger partial charge is 1.00 e. The summed E-state index contributed by atoms with van der Waals surface area (Å²) in [5, 5.41) is -0.978. The number of hydrogen-bond acceptors (Lipinski definition) is 6. The molecular formula is C4H6ClKO6S2. The van der Waals surface area contributed by atoms with Gasteiger partial charge in [-0.3, -0.25) is 4.18 Å². The number of sulfone groups is 1. The van der Waals surface area contributed by atoms with E-state index in [-0.39, 0.29) is 57.1 Å². The zero-order valence-electron chi connectivity index (χ0n) is 7.21. The number of halogens is 1. The summed E-state index contributed by atoms with van der Waals surface area (Å²) in [6, 6.07) is 0. The van der Waals surface area contributed by atoms with Crippen molar-refractivity contribution < 1.29 is 77.0 Å². The van der Waals surface area contributed by atoms with E-state index in [9.17, 15) is 21.4 Å². The summed E-state index contributed by atoms with van der Waals surface area (Å²) in [6.07, 6.45) is -1.26. The molecule has 14 heavy (non-hydrogen) atoms. The molecule has 0 saturated carbocycles. The first-order valence-corrected chi connectivity index (χ1v) is 6.77. The summed E-state index contributed by atoms with van der Waals surface area (Å²) in [5.41, 5.74) is 0. The topological polar surface area (TPSA) is 101 Å². The molecule has 2 atom stereocenters. The minimum absolute atomic E-state index is 0. The molecule has 1 aliphatic rings. The molecule has 0 bridgehead atoms. The third-order valence-corrected chi connectivity index (χ3v) is 4.28. The van der Waals surface area contributed by atoms with Crippen LogP contribution in [0.1, 0.15) is 0 Å². The fraction of sp³-hybridized carbons (Fsp3) is 1.00. The van der Waals surface area contributed by atoms with Crippen LogP contribution in [-0.2, 0) is 24.4 Å². The Bertz CT molecular complexity index is 388. The fourth-order valence-corrected chi connectivity index (χ4v) is 4.12. The van der Waals surface area contributed by atoms with Crippen LogP contribution in [0.4, 0.5) is 0 Å². The maximum absolute atomic E-state index is 10.9. The Labute approximate surface area is 130 Å². The second-order valence-electron chi connectivity index (χ2n) is 2.64. The van der Waals surface area contributed by atoms with Gasteiger partial charge in [-0.25, -0.2) is 16.8 Å². The van der Waals surface area contributed by atoms with Gasteiger partial charge in [-0.2, -0.15) is 0 Å². The van der Waals surface area contributed by atoms with Gasteiger partial charge in [-0.1, -0.05) is 0 Å². The summed E-state index contributed by atoms with van der Waals surface area (Å²) in [6.45, 7) is 0. The van der Waals surface area contributed by atoms with Crippen molar-refractivity contribution in [3.05, 3.63) is 0 Å². The molecule has 0 radical (unpaired) electrons. The van der Waals surface area contributed by atoms with Crippen LogP contribution >= 0.6 is 11.6 Å². The molecule has 0 aromatic rings. The molecule has 1 aliphatic heterocycles. The van der Waals surface area contributed by atoms with Crippen molar-refractivity contribution in [1.29, 1.82) is 0 Å². The summed E-state index contributed by atoms with van der Waals surface area (Å²) >= 11 is 5.46. The monoisotopic (exact) mass is 288 g/mol. The van der Waals surface area contributed by atoms with Gasteiger partial charge in [0.25, 0.3) is 0 Å². The van der Waals surface area contributed by atoms with Crippen molar-refractivity contribution in [2.45, 2.75) is 11.5 Å². The number of rotatable bonds is 2. The first kappa shape index (κ1) is 15.7. The zero-order chi connectivity index (χ0) is 10.3. The van der Waals surface area contributed by atoms with Gasteiger partial charge in [0.1, 0.15) is 6.10 Å². The van der Waals surface area contributed by atoms with Crippen molar-refractivity contribution in [2.75, 3.05) is 11.5 Å². The first-order valence-electron chi connectivity index (χ1n) is 3.18. The van der Waals surface area contributed by atoms with Crippen molar-refractivity contribution >= 4 is 31.8 Å². The fourth-order valence-electron chi connectivity index (χ4n) is 1.01. The Morgan fingerprint density at radius 1 is 1.36 bits per heavy atom. The average molecular weight is 289 g/mol. The first-order chi connectivity index (χ1) is 5.70.